The number of fused-ring (bicyclic) bond motifs is 1. The Morgan fingerprint density at radius 2 is 1.68 bits per heavy atom. The fourth-order valence-electron chi connectivity index (χ4n) is 3.32. The number of aromatic nitrogens is 2. The second-order valence-electron chi connectivity index (χ2n) is 7.66. The average molecular weight is 539 g/mol. The Hall–Kier alpha value is -4.15. The molecule has 1 atom stereocenters. The van der Waals surface area contributed by atoms with Crippen molar-refractivity contribution in [3.8, 4) is 28.9 Å². The van der Waals surface area contributed by atoms with Crippen molar-refractivity contribution in [3.05, 3.63) is 72.0 Å². The number of nitrogens with one attached hydrogen (secondary N) is 2. The summed E-state index contributed by atoms with van der Waals surface area (Å²) in [6, 6.07) is 17.4. The van der Waals surface area contributed by atoms with Crippen molar-refractivity contribution in [1.29, 1.82) is 0 Å². The van der Waals surface area contributed by atoms with Gasteiger partial charge in [0.1, 0.15) is 17.8 Å². The first kappa shape index (κ1) is 25.9. The van der Waals surface area contributed by atoms with E-state index in [9.17, 15) is 4.79 Å². The molecule has 0 aliphatic carbocycles. The zero-order valence-corrected chi connectivity index (χ0v) is 21.7. The summed E-state index contributed by atoms with van der Waals surface area (Å²) < 4.78 is 22.3. The zero-order chi connectivity index (χ0) is 26.4. The van der Waals surface area contributed by atoms with E-state index >= 15 is 0 Å². The Labute approximate surface area is 223 Å². The summed E-state index contributed by atoms with van der Waals surface area (Å²) in [5.41, 5.74) is 1.30. The molecule has 3 aromatic carbocycles. The Morgan fingerprint density at radius 1 is 0.973 bits per heavy atom. The minimum absolute atomic E-state index is 0.121. The minimum atomic E-state index is -0.809. The van der Waals surface area contributed by atoms with Gasteiger partial charge in [0.15, 0.2) is 22.7 Å². The summed E-state index contributed by atoms with van der Waals surface area (Å²) in [4.78, 5) is 21.0. The van der Waals surface area contributed by atoms with Gasteiger partial charge in [0, 0.05) is 11.8 Å². The molecule has 1 aromatic heterocycles. The largest absolute Gasteiger partial charge is 0.493 e. The summed E-state index contributed by atoms with van der Waals surface area (Å²) in [5.74, 6) is 1.99. The molecule has 0 saturated heterocycles. The van der Waals surface area contributed by atoms with Gasteiger partial charge in [-0.3, -0.25) is 10.1 Å². The summed E-state index contributed by atoms with van der Waals surface area (Å²) in [7, 11) is 3.11. The third-order valence-corrected chi connectivity index (χ3v) is 5.69. The van der Waals surface area contributed by atoms with Crippen molar-refractivity contribution >= 4 is 51.4 Å². The number of ether oxygens (including phenoxy) is 4. The number of carbonyl (C=O) groups is 1. The van der Waals surface area contributed by atoms with E-state index in [1.807, 2.05) is 0 Å². The van der Waals surface area contributed by atoms with Crippen molar-refractivity contribution in [2.75, 3.05) is 19.5 Å². The monoisotopic (exact) mass is 538 g/mol. The number of hydrogen-bond acceptors (Lipinski definition) is 8. The Morgan fingerprint density at radius 3 is 2.38 bits per heavy atom. The van der Waals surface area contributed by atoms with Crippen molar-refractivity contribution < 1.29 is 23.7 Å². The first-order chi connectivity index (χ1) is 17.9. The van der Waals surface area contributed by atoms with Crippen LogP contribution in [-0.4, -0.2) is 41.3 Å². The number of halogens is 1. The third-order valence-electron chi connectivity index (χ3n) is 5.18. The molecule has 0 fully saturated rings. The molecule has 0 bridgehead atoms. The van der Waals surface area contributed by atoms with Gasteiger partial charge in [-0.2, -0.15) is 0 Å². The zero-order valence-electron chi connectivity index (χ0n) is 20.2. The van der Waals surface area contributed by atoms with Crippen LogP contribution in [0, 0.1) is 0 Å². The predicted octanol–water partition coefficient (Wildman–Crippen LogP) is 5.37. The number of anilines is 1. The molecule has 0 aliphatic rings. The maximum atomic E-state index is 12.5. The van der Waals surface area contributed by atoms with Crippen LogP contribution in [-0.2, 0) is 4.79 Å². The van der Waals surface area contributed by atoms with Crippen molar-refractivity contribution in [2.45, 2.75) is 13.0 Å². The van der Waals surface area contributed by atoms with E-state index in [2.05, 4.69) is 20.6 Å². The lowest BCUT2D eigenvalue weighted by Crippen LogP contribution is -2.42. The van der Waals surface area contributed by atoms with Crippen molar-refractivity contribution in [3.63, 3.8) is 0 Å². The third kappa shape index (κ3) is 6.35. The number of rotatable bonds is 8. The van der Waals surface area contributed by atoms with Gasteiger partial charge in [0.2, 0.25) is 5.88 Å². The second-order valence-corrected chi connectivity index (χ2v) is 8.48. The number of amides is 1. The Balaban J connectivity index is 1.38. The van der Waals surface area contributed by atoms with Crippen LogP contribution in [0.4, 0.5) is 5.69 Å². The van der Waals surface area contributed by atoms with E-state index < -0.39 is 12.0 Å². The van der Waals surface area contributed by atoms with E-state index in [1.165, 1.54) is 6.33 Å². The number of methoxy groups -OCH3 is 2. The molecule has 0 aliphatic heterocycles. The second kappa shape index (κ2) is 11.7. The van der Waals surface area contributed by atoms with E-state index in [0.717, 1.165) is 0 Å². The van der Waals surface area contributed by atoms with E-state index in [-0.39, 0.29) is 5.11 Å². The van der Waals surface area contributed by atoms with Crippen LogP contribution in [0.25, 0.3) is 10.9 Å². The highest BCUT2D eigenvalue weighted by molar-refractivity contribution is 7.80. The maximum absolute atomic E-state index is 12.5. The van der Waals surface area contributed by atoms with Gasteiger partial charge >= 0.3 is 0 Å². The molecule has 37 heavy (non-hydrogen) atoms. The number of hydrogen-bond donors (Lipinski definition) is 2. The smallest absolute Gasteiger partial charge is 0.266 e. The number of thiocarbonyl (C=S) groups is 1. The topological polar surface area (TPSA) is 104 Å². The van der Waals surface area contributed by atoms with E-state index in [1.54, 1.807) is 81.8 Å². The molecule has 0 radical (unpaired) electrons. The van der Waals surface area contributed by atoms with Gasteiger partial charge in [-0.1, -0.05) is 23.7 Å². The Bertz CT molecular complexity index is 1430. The van der Waals surface area contributed by atoms with Gasteiger partial charge in [0.25, 0.3) is 5.91 Å². The fourth-order valence-corrected chi connectivity index (χ4v) is 3.72. The molecular formula is C26H23ClN4O5S. The van der Waals surface area contributed by atoms with Crippen LogP contribution >= 0.6 is 23.8 Å². The van der Waals surface area contributed by atoms with Crippen molar-refractivity contribution in [1.82, 2.24) is 15.3 Å². The lowest BCUT2D eigenvalue weighted by atomic mass is 10.2. The quantitative estimate of drug-likeness (QED) is 0.286. The molecule has 1 amide bonds. The number of benzene rings is 3. The summed E-state index contributed by atoms with van der Waals surface area (Å²) in [5, 5.41) is 6.77. The highest BCUT2D eigenvalue weighted by Gasteiger charge is 2.17. The van der Waals surface area contributed by atoms with Gasteiger partial charge in [-0.25, -0.2) is 9.97 Å². The Kier molecular flexibility index (Phi) is 8.22. The molecule has 190 valence electrons. The molecule has 1 unspecified atom stereocenters. The maximum Gasteiger partial charge on any atom is 0.266 e. The molecule has 4 aromatic rings. The summed E-state index contributed by atoms with van der Waals surface area (Å²) in [6.45, 7) is 1.61. The number of carbonyl (C=O) groups excluding carboxylic acids is 1. The molecule has 0 spiro atoms. The van der Waals surface area contributed by atoms with Crippen LogP contribution in [0.2, 0.25) is 5.02 Å². The van der Waals surface area contributed by atoms with Crippen LogP contribution < -0.4 is 29.6 Å². The molecular weight excluding hydrogens is 516 g/mol. The number of para-hydroxylation sites is 1. The van der Waals surface area contributed by atoms with Crippen LogP contribution in [0.1, 0.15) is 6.92 Å². The molecule has 11 heteroatoms. The van der Waals surface area contributed by atoms with E-state index in [0.29, 0.717) is 50.5 Å². The average Bonchev–Trinajstić information content (AvgIpc) is 2.90. The fraction of sp³-hybridized carbons (Fsp3) is 0.154. The lowest BCUT2D eigenvalue weighted by Gasteiger charge is -2.16. The van der Waals surface area contributed by atoms with Crippen LogP contribution in [0.15, 0.2) is 67.0 Å². The van der Waals surface area contributed by atoms with Gasteiger partial charge in [-0.15, -0.1) is 0 Å². The summed E-state index contributed by atoms with van der Waals surface area (Å²) >= 11 is 11.3. The lowest BCUT2D eigenvalue weighted by molar-refractivity contribution is -0.125. The summed E-state index contributed by atoms with van der Waals surface area (Å²) in [6.07, 6.45) is 0.605. The first-order valence-corrected chi connectivity index (χ1v) is 11.8. The van der Waals surface area contributed by atoms with E-state index in [4.69, 9.17) is 42.8 Å². The predicted molar refractivity (Wildman–Crippen MR) is 145 cm³/mol. The molecule has 9 nitrogen and oxygen atoms in total. The van der Waals surface area contributed by atoms with Gasteiger partial charge in [-0.05, 0) is 61.6 Å². The minimum Gasteiger partial charge on any atom is -0.493 e. The molecule has 4 rings (SSSR count). The molecule has 2 N–H and O–H groups in total. The molecule has 0 saturated carbocycles. The normalized spacial score (nSPS) is 11.4. The van der Waals surface area contributed by atoms with Gasteiger partial charge in [0.05, 0.1) is 30.1 Å². The highest BCUT2D eigenvalue weighted by atomic mass is 35.5. The van der Waals surface area contributed by atoms with Crippen molar-refractivity contribution in [2.24, 2.45) is 0 Å². The van der Waals surface area contributed by atoms with Crippen LogP contribution in [0.3, 0.4) is 0 Å². The SMILES string of the molecule is COc1cc2ncnc(Oc3ccc(NC(=S)NC(=O)C(C)Oc4ccccc4Cl)cc3)c2cc1OC. The number of nitrogens with zero attached hydrogens (tertiary/aromatic N) is 2. The first-order valence-electron chi connectivity index (χ1n) is 11.1. The van der Waals surface area contributed by atoms with Crippen LogP contribution in [0.5, 0.6) is 28.9 Å². The highest BCUT2D eigenvalue weighted by Crippen LogP contribution is 2.35. The van der Waals surface area contributed by atoms with Gasteiger partial charge < -0.3 is 24.3 Å². The molecule has 1 heterocycles. The standard InChI is InChI=1S/C26H23ClN4O5S/c1-15(35-21-7-5-4-6-19(21)27)24(32)31-26(37)30-16-8-10-17(11-9-16)36-25-18-12-22(33-2)23(34-3)13-20(18)28-14-29-25/h4-15H,1-3H3,(H2,30,31,32,37).